The summed E-state index contributed by atoms with van der Waals surface area (Å²) >= 11 is 0. The quantitative estimate of drug-likeness (QED) is 0.516. The normalized spacial score (nSPS) is 25.2. The summed E-state index contributed by atoms with van der Waals surface area (Å²) in [6, 6.07) is 4.63. The van der Waals surface area contributed by atoms with E-state index in [9.17, 15) is 26.4 Å². The number of aromatic nitrogens is 1. The average Bonchev–Trinajstić information content (AvgIpc) is 3.56. The number of hydrogen-bond donors (Lipinski definition) is 1. The molecule has 2 atom stereocenters. The van der Waals surface area contributed by atoms with Crippen LogP contribution >= 0.6 is 0 Å². The minimum atomic E-state index is -4.37. The van der Waals surface area contributed by atoms with Crippen molar-refractivity contribution in [2.45, 2.75) is 55.3 Å². The highest BCUT2D eigenvalue weighted by Gasteiger charge is 2.67. The first-order chi connectivity index (χ1) is 15.3. The van der Waals surface area contributed by atoms with Gasteiger partial charge in [-0.15, -0.1) is 0 Å². The van der Waals surface area contributed by atoms with Crippen molar-refractivity contribution in [1.82, 2.24) is 4.98 Å². The van der Waals surface area contributed by atoms with Crippen LogP contribution in [-0.2, 0) is 21.8 Å². The second kappa shape index (κ2) is 7.61. The largest absolute Gasteiger partial charge is 0.386 e. The number of aliphatic imine (C=N–C) groups is 1. The Bertz CT molecular complexity index is 1290. The van der Waals surface area contributed by atoms with Crippen LogP contribution in [0.4, 0.5) is 17.6 Å². The number of alkyl halides is 3. The first-order valence-electron chi connectivity index (χ1n) is 10.1. The lowest BCUT2D eigenvalue weighted by molar-refractivity contribution is 0.0986. The van der Waals surface area contributed by atoms with Gasteiger partial charge in [-0.3, -0.25) is 14.8 Å². The molecule has 1 aliphatic carbocycles. The highest BCUT2D eigenvalue weighted by atomic mass is 32.2. The van der Waals surface area contributed by atoms with Gasteiger partial charge < -0.3 is 5.73 Å². The first-order valence-corrected chi connectivity index (χ1v) is 11.7. The molecule has 1 aromatic carbocycles. The predicted octanol–water partition coefficient (Wildman–Crippen LogP) is 3.72. The number of pyridine rings is 1. The molecule has 0 amide bonds. The van der Waals surface area contributed by atoms with Crippen LogP contribution in [0.15, 0.2) is 35.5 Å². The van der Waals surface area contributed by atoms with Crippen molar-refractivity contribution < 1.29 is 30.8 Å². The van der Waals surface area contributed by atoms with Crippen molar-refractivity contribution in [3.05, 3.63) is 64.2 Å². The average molecular weight is 483 g/mol. The Balaban J connectivity index is 1.69. The number of sulfone groups is 1. The van der Waals surface area contributed by atoms with Gasteiger partial charge in [0.15, 0.2) is 15.6 Å². The van der Waals surface area contributed by atoms with Gasteiger partial charge in [0.25, 0.3) is 6.43 Å². The highest BCUT2D eigenvalue weighted by Crippen LogP contribution is 2.53. The van der Waals surface area contributed by atoms with E-state index >= 15 is 4.39 Å². The number of carbonyl (C=O) groups is 1. The van der Waals surface area contributed by atoms with E-state index in [2.05, 4.69) is 9.98 Å². The molecule has 0 unspecified atom stereocenters. The van der Waals surface area contributed by atoms with E-state index in [0.717, 1.165) is 25.3 Å². The number of aryl methyl sites for hydroxylation is 1. The number of nitrogens with two attached hydrogens (primary N) is 1. The summed E-state index contributed by atoms with van der Waals surface area (Å²) in [5.74, 6) is -1.67. The number of rotatable bonds is 5. The van der Waals surface area contributed by atoms with Crippen molar-refractivity contribution in [3.8, 4) is 0 Å². The zero-order valence-electron chi connectivity index (χ0n) is 17.8. The van der Waals surface area contributed by atoms with Gasteiger partial charge in [-0.25, -0.2) is 26.0 Å². The maximum absolute atomic E-state index is 15.3. The van der Waals surface area contributed by atoms with E-state index in [1.165, 1.54) is 19.1 Å². The van der Waals surface area contributed by atoms with E-state index in [-0.39, 0.29) is 53.0 Å². The maximum atomic E-state index is 15.3. The molecule has 1 fully saturated rings. The van der Waals surface area contributed by atoms with Crippen LogP contribution in [0.25, 0.3) is 0 Å². The lowest BCUT2D eigenvalue weighted by Gasteiger charge is -2.37. The standard InChI is InChI=1S/C22H21F4N3O3S/c1-11-7-13(18(24)25)10-28-17(11)16(30)9-12-3-4-15(23)14(8-12)21(2)19(26)33(31,32)22(5-6-22)20(27)29-21/h3-4,7-8,10,18-19H,5-6,9H2,1-2H3,(H2,27,29)/t19-,21-/m1/s1. The monoisotopic (exact) mass is 483 g/mol. The number of carbonyl (C=O) groups excluding carboxylic acids is 1. The molecule has 1 spiro atoms. The van der Waals surface area contributed by atoms with Crippen LogP contribution in [-0.4, -0.2) is 35.3 Å². The molecular weight excluding hydrogens is 462 g/mol. The summed E-state index contributed by atoms with van der Waals surface area (Å²) in [5, 5.41) is 0. The minimum Gasteiger partial charge on any atom is -0.386 e. The van der Waals surface area contributed by atoms with Crippen molar-refractivity contribution in [2.75, 3.05) is 0 Å². The van der Waals surface area contributed by atoms with Gasteiger partial charge in [-0.2, -0.15) is 0 Å². The Kier molecular flexibility index (Phi) is 5.38. The van der Waals surface area contributed by atoms with E-state index in [1.807, 2.05) is 0 Å². The minimum absolute atomic E-state index is 0.0296. The predicted molar refractivity (Wildman–Crippen MR) is 113 cm³/mol. The molecule has 2 N–H and O–H groups in total. The molecule has 33 heavy (non-hydrogen) atoms. The molecule has 4 rings (SSSR count). The van der Waals surface area contributed by atoms with E-state index in [4.69, 9.17) is 5.73 Å². The molecule has 11 heteroatoms. The zero-order chi connectivity index (χ0) is 24.3. The van der Waals surface area contributed by atoms with Crippen LogP contribution < -0.4 is 5.73 Å². The van der Waals surface area contributed by atoms with E-state index in [1.54, 1.807) is 0 Å². The van der Waals surface area contributed by atoms with Gasteiger partial charge >= 0.3 is 0 Å². The second-order valence-electron chi connectivity index (χ2n) is 8.65. The van der Waals surface area contributed by atoms with Gasteiger partial charge in [0.05, 0.1) is 0 Å². The van der Waals surface area contributed by atoms with Crippen molar-refractivity contribution >= 4 is 21.5 Å². The fraction of sp³-hybridized carbons (Fsp3) is 0.409. The molecule has 2 aliphatic rings. The number of Topliss-reactive ketones (excluding diaryl/α,β-unsaturated/α-hetero) is 1. The van der Waals surface area contributed by atoms with Crippen LogP contribution in [0.2, 0.25) is 0 Å². The summed E-state index contributed by atoms with van der Waals surface area (Å²) in [6.07, 6.45) is -1.79. The molecule has 0 saturated heterocycles. The Morgan fingerprint density at radius 2 is 1.94 bits per heavy atom. The molecule has 1 aliphatic heterocycles. The SMILES string of the molecule is Cc1cc(C(F)F)cnc1C(=O)Cc1ccc(F)c([C@@]2(C)N=C(N)C3(CC3)S(=O)(=O)[C@H]2F)c1. The molecule has 176 valence electrons. The second-order valence-corrected chi connectivity index (χ2v) is 10.9. The number of nitrogens with zero attached hydrogens (tertiary/aromatic N) is 2. The molecule has 0 radical (unpaired) electrons. The third-order valence-electron chi connectivity index (χ3n) is 6.34. The number of amidine groups is 1. The molecule has 6 nitrogen and oxygen atoms in total. The fourth-order valence-corrected chi connectivity index (χ4v) is 6.42. The molecular formula is C22H21F4N3O3S. The lowest BCUT2D eigenvalue weighted by atomic mass is 9.90. The summed E-state index contributed by atoms with van der Waals surface area (Å²) in [6.45, 7) is 2.62. The topological polar surface area (TPSA) is 102 Å². The highest BCUT2D eigenvalue weighted by molar-refractivity contribution is 7.94. The Labute approximate surface area is 187 Å². The van der Waals surface area contributed by atoms with Gasteiger partial charge in [0.1, 0.15) is 27.6 Å². The summed E-state index contributed by atoms with van der Waals surface area (Å²) < 4.78 is 79.8. The van der Waals surface area contributed by atoms with Crippen LogP contribution in [0.3, 0.4) is 0 Å². The van der Waals surface area contributed by atoms with Crippen molar-refractivity contribution in [2.24, 2.45) is 10.7 Å². The third-order valence-corrected chi connectivity index (χ3v) is 9.05. The summed E-state index contributed by atoms with van der Waals surface area (Å²) in [7, 11) is -4.37. The van der Waals surface area contributed by atoms with Gasteiger partial charge in [-0.05, 0) is 56.0 Å². The first kappa shape index (κ1) is 23.3. The van der Waals surface area contributed by atoms with E-state index in [0.29, 0.717) is 0 Å². The Morgan fingerprint density at radius 1 is 1.27 bits per heavy atom. The summed E-state index contributed by atoms with van der Waals surface area (Å²) in [4.78, 5) is 20.6. The molecule has 2 heterocycles. The fourth-order valence-electron chi connectivity index (χ4n) is 4.23. The number of ketones is 1. The lowest BCUT2D eigenvalue weighted by Crippen LogP contribution is -2.54. The van der Waals surface area contributed by atoms with Gasteiger partial charge in [-0.1, -0.05) is 6.07 Å². The van der Waals surface area contributed by atoms with E-state index < -0.39 is 43.7 Å². The molecule has 2 aromatic rings. The zero-order valence-corrected chi connectivity index (χ0v) is 18.6. The van der Waals surface area contributed by atoms with Gasteiger partial charge in [0, 0.05) is 23.7 Å². The van der Waals surface area contributed by atoms with Crippen LogP contribution in [0.5, 0.6) is 0 Å². The molecule has 0 bridgehead atoms. The number of benzene rings is 1. The third kappa shape index (κ3) is 3.53. The molecule has 1 aromatic heterocycles. The Morgan fingerprint density at radius 3 is 2.52 bits per heavy atom. The van der Waals surface area contributed by atoms with Crippen molar-refractivity contribution in [3.63, 3.8) is 0 Å². The van der Waals surface area contributed by atoms with Crippen molar-refractivity contribution in [1.29, 1.82) is 0 Å². The number of hydrogen-bond acceptors (Lipinski definition) is 6. The van der Waals surface area contributed by atoms with Crippen LogP contribution in [0, 0.1) is 12.7 Å². The maximum Gasteiger partial charge on any atom is 0.265 e. The Hall–Kier alpha value is -2.82. The number of halogens is 4. The van der Waals surface area contributed by atoms with Crippen LogP contribution in [0.1, 0.15) is 58.9 Å². The summed E-state index contributed by atoms with van der Waals surface area (Å²) in [5.41, 5.74) is 1.04. The smallest absolute Gasteiger partial charge is 0.265 e. The molecule has 1 saturated carbocycles. The van der Waals surface area contributed by atoms with Gasteiger partial charge in [0.2, 0.25) is 5.50 Å².